The highest BCUT2D eigenvalue weighted by molar-refractivity contribution is 7.89. The fourth-order valence-electron chi connectivity index (χ4n) is 2.52. The number of rotatable bonds is 6. The van der Waals surface area contributed by atoms with Gasteiger partial charge in [0.15, 0.2) is 16.4 Å². The molecule has 0 atom stereocenters. The Bertz CT molecular complexity index is 1040. The van der Waals surface area contributed by atoms with Crippen LogP contribution >= 0.6 is 0 Å². The van der Waals surface area contributed by atoms with E-state index in [-0.39, 0.29) is 6.54 Å². The van der Waals surface area contributed by atoms with Crippen molar-refractivity contribution in [3.63, 3.8) is 0 Å². The summed E-state index contributed by atoms with van der Waals surface area (Å²) in [5.41, 5.74) is -0.914. The molecule has 1 aromatic heterocycles. The van der Waals surface area contributed by atoms with E-state index >= 15 is 0 Å². The SMILES string of the molecule is COc1cccc(CN(C)S(=O)(=O)c2cn(C)c(=O)n(C)c2=O)c1OC. The van der Waals surface area contributed by atoms with Gasteiger partial charge < -0.3 is 14.0 Å². The first kappa shape index (κ1) is 19.7. The molecule has 0 spiro atoms. The first-order valence-electron chi connectivity index (χ1n) is 7.58. The molecule has 0 bridgehead atoms. The molecular weight excluding hydrogens is 362 g/mol. The summed E-state index contributed by atoms with van der Waals surface area (Å²) in [6.07, 6.45) is 1.03. The molecule has 0 saturated heterocycles. The molecule has 0 aliphatic heterocycles. The van der Waals surface area contributed by atoms with Crippen LogP contribution in [0.4, 0.5) is 0 Å². The van der Waals surface area contributed by atoms with Crippen molar-refractivity contribution < 1.29 is 17.9 Å². The molecule has 0 amide bonds. The number of sulfonamides is 1. The lowest BCUT2D eigenvalue weighted by molar-refractivity contribution is 0.347. The first-order valence-corrected chi connectivity index (χ1v) is 9.02. The lowest BCUT2D eigenvalue weighted by atomic mass is 10.2. The lowest BCUT2D eigenvalue weighted by Gasteiger charge is -2.20. The Hall–Kier alpha value is -2.59. The summed E-state index contributed by atoms with van der Waals surface area (Å²) in [6, 6.07) is 5.11. The minimum absolute atomic E-state index is 0.0469. The second-order valence-corrected chi connectivity index (χ2v) is 7.68. The molecule has 0 radical (unpaired) electrons. The predicted octanol–water partition coefficient (Wildman–Crippen LogP) is -0.0781. The quantitative estimate of drug-likeness (QED) is 0.692. The molecule has 2 rings (SSSR count). The van der Waals surface area contributed by atoms with Gasteiger partial charge in [-0.1, -0.05) is 12.1 Å². The maximum Gasteiger partial charge on any atom is 0.330 e. The fraction of sp³-hybridized carbons (Fsp3) is 0.375. The maximum absolute atomic E-state index is 12.9. The molecule has 1 aromatic carbocycles. The van der Waals surface area contributed by atoms with Crippen LogP contribution in [0.2, 0.25) is 0 Å². The zero-order chi connectivity index (χ0) is 19.6. The summed E-state index contributed by atoms with van der Waals surface area (Å²) in [5.74, 6) is 0.874. The van der Waals surface area contributed by atoms with E-state index in [0.29, 0.717) is 17.1 Å². The van der Waals surface area contributed by atoms with Crippen molar-refractivity contribution in [2.75, 3.05) is 21.3 Å². The average molecular weight is 383 g/mol. The zero-order valence-electron chi connectivity index (χ0n) is 15.2. The third-order valence-corrected chi connectivity index (χ3v) is 5.77. The number of hydrogen-bond acceptors (Lipinski definition) is 6. The highest BCUT2D eigenvalue weighted by Crippen LogP contribution is 2.32. The Morgan fingerprint density at radius 1 is 1.12 bits per heavy atom. The molecule has 142 valence electrons. The highest BCUT2D eigenvalue weighted by atomic mass is 32.2. The van der Waals surface area contributed by atoms with Gasteiger partial charge >= 0.3 is 5.69 Å². The Morgan fingerprint density at radius 2 is 1.77 bits per heavy atom. The topological polar surface area (TPSA) is 99.8 Å². The van der Waals surface area contributed by atoms with Crippen LogP contribution in [-0.4, -0.2) is 43.1 Å². The van der Waals surface area contributed by atoms with Crippen LogP contribution in [0.15, 0.2) is 38.9 Å². The number of benzene rings is 1. The molecule has 0 aliphatic rings. The van der Waals surface area contributed by atoms with Crippen molar-refractivity contribution in [1.29, 1.82) is 0 Å². The molecule has 10 heteroatoms. The predicted molar refractivity (Wildman–Crippen MR) is 95.1 cm³/mol. The Labute approximate surface area is 151 Å². The third kappa shape index (κ3) is 3.37. The van der Waals surface area contributed by atoms with Crippen molar-refractivity contribution in [2.24, 2.45) is 14.1 Å². The third-order valence-electron chi connectivity index (χ3n) is 3.98. The van der Waals surface area contributed by atoms with Gasteiger partial charge in [-0.05, 0) is 6.07 Å². The first-order chi connectivity index (χ1) is 12.1. The van der Waals surface area contributed by atoms with Gasteiger partial charge in [0.2, 0.25) is 10.0 Å². The van der Waals surface area contributed by atoms with Gasteiger partial charge in [-0.3, -0.25) is 9.36 Å². The number of methoxy groups -OCH3 is 2. The van der Waals surface area contributed by atoms with Crippen molar-refractivity contribution in [1.82, 2.24) is 13.4 Å². The molecule has 1 heterocycles. The lowest BCUT2D eigenvalue weighted by Crippen LogP contribution is -2.41. The van der Waals surface area contributed by atoms with Gasteiger partial charge in [0, 0.05) is 39.4 Å². The monoisotopic (exact) mass is 383 g/mol. The smallest absolute Gasteiger partial charge is 0.330 e. The summed E-state index contributed by atoms with van der Waals surface area (Å²) < 4.78 is 39.0. The van der Waals surface area contributed by atoms with Crippen LogP contribution in [0.1, 0.15) is 5.56 Å². The fourth-order valence-corrected chi connectivity index (χ4v) is 3.82. The van der Waals surface area contributed by atoms with E-state index in [0.717, 1.165) is 19.6 Å². The normalized spacial score (nSPS) is 11.6. The van der Waals surface area contributed by atoms with Crippen LogP contribution in [0.25, 0.3) is 0 Å². The molecule has 0 fully saturated rings. The van der Waals surface area contributed by atoms with Crippen molar-refractivity contribution >= 4 is 10.0 Å². The average Bonchev–Trinajstić information content (AvgIpc) is 2.62. The van der Waals surface area contributed by atoms with Crippen molar-refractivity contribution in [3.05, 3.63) is 50.8 Å². The second-order valence-electron chi connectivity index (χ2n) is 5.66. The number of aromatic nitrogens is 2. The van der Waals surface area contributed by atoms with Gasteiger partial charge in [0.25, 0.3) is 5.56 Å². The van der Waals surface area contributed by atoms with Crippen LogP contribution in [0.5, 0.6) is 11.5 Å². The highest BCUT2D eigenvalue weighted by Gasteiger charge is 2.27. The summed E-state index contributed by atoms with van der Waals surface area (Å²) >= 11 is 0. The van der Waals surface area contributed by atoms with Gasteiger partial charge in [0.1, 0.15) is 0 Å². The minimum Gasteiger partial charge on any atom is -0.493 e. The van der Waals surface area contributed by atoms with Gasteiger partial charge in [-0.15, -0.1) is 0 Å². The summed E-state index contributed by atoms with van der Waals surface area (Å²) in [6.45, 7) is -0.0469. The van der Waals surface area contributed by atoms with E-state index in [2.05, 4.69) is 0 Å². The van der Waals surface area contributed by atoms with E-state index in [1.54, 1.807) is 18.2 Å². The molecule has 0 saturated carbocycles. The van der Waals surface area contributed by atoms with Gasteiger partial charge in [-0.2, -0.15) is 4.31 Å². The largest absolute Gasteiger partial charge is 0.493 e. The standard InChI is InChI=1S/C16H21N3O6S/c1-17-10-13(15(20)19(3)16(17)21)26(22,23)18(2)9-11-7-6-8-12(24-4)14(11)25-5/h6-8,10H,9H2,1-5H3. The van der Waals surface area contributed by atoms with Crippen LogP contribution < -0.4 is 20.7 Å². The maximum atomic E-state index is 12.9. The van der Waals surface area contributed by atoms with Crippen LogP contribution in [0, 0.1) is 0 Å². The summed E-state index contributed by atoms with van der Waals surface area (Å²) in [5, 5.41) is 0. The van der Waals surface area contributed by atoms with E-state index < -0.39 is 26.2 Å². The zero-order valence-corrected chi connectivity index (χ0v) is 16.0. The molecule has 0 aliphatic carbocycles. The Morgan fingerprint density at radius 3 is 2.35 bits per heavy atom. The second kappa shape index (κ2) is 7.34. The van der Waals surface area contributed by atoms with Crippen LogP contribution in [-0.2, 0) is 30.7 Å². The Balaban J connectivity index is 2.50. The molecule has 2 aromatic rings. The molecule has 9 nitrogen and oxygen atoms in total. The number of aryl methyl sites for hydroxylation is 1. The molecule has 0 N–H and O–H groups in total. The Kier molecular flexibility index (Phi) is 5.57. The summed E-state index contributed by atoms with van der Waals surface area (Å²) in [4.78, 5) is 23.6. The van der Waals surface area contributed by atoms with E-state index in [1.807, 2.05) is 0 Å². The van der Waals surface area contributed by atoms with E-state index in [1.165, 1.54) is 35.4 Å². The van der Waals surface area contributed by atoms with Gasteiger partial charge in [-0.25, -0.2) is 13.2 Å². The van der Waals surface area contributed by atoms with E-state index in [9.17, 15) is 18.0 Å². The summed E-state index contributed by atoms with van der Waals surface area (Å²) in [7, 11) is 2.77. The van der Waals surface area contributed by atoms with Crippen molar-refractivity contribution in [2.45, 2.75) is 11.4 Å². The number of para-hydroxylation sites is 1. The number of ether oxygens (including phenoxy) is 2. The van der Waals surface area contributed by atoms with Gasteiger partial charge in [0.05, 0.1) is 14.2 Å². The van der Waals surface area contributed by atoms with Crippen LogP contribution in [0.3, 0.4) is 0 Å². The number of hydrogen-bond donors (Lipinski definition) is 0. The molecular formula is C16H21N3O6S. The number of nitrogens with zero attached hydrogens (tertiary/aromatic N) is 3. The van der Waals surface area contributed by atoms with E-state index in [4.69, 9.17) is 9.47 Å². The minimum atomic E-state index is -4.13. The molecule has 26 heavy (non-hydrogen) atoms. The van der Waals surface area contributed by atoms with Crippen molar-refractivity contribution in [3.8, 4) is 11.5 Å². The molecule has 0 unspecified atom stereocenters.